The minimum Gasteiger partial charge on any atom is -0.351 e. The summed E-state index contributed by atoms with van der Waals surface area (Å²) in [6.07, 6.45) is -0.231. The zero-order valence-corrected chi connectivity index (χ0v) is 17.0. The minimum absolute atomic E-state index is 0.0147. The molecule has 10 heteroatoms. The zero-order valence-electron chi connectivity index (χ0n) is 17.0. The summed E-state index contributed by atoms with van der Waals surface area (Å²) >= 11 is 0. The standard InChI is InChI=1S/C21H23F2N7O/c1-11-8-17(29-28-11)26-19-15-4-2-3-5-16(15)25-21(27-19)24-12-9-13-6-7-14(10-12)30(13)20(31)18(22)23/h2-5,8,12-14,18H,6-7,9-10H2,1H3,(H3,24,25,26,27,28,29)/t12?,13-,14+. The number of para-hydroxylation sites is 1. The molecule has 4 heterocycles. The molecule has 0 radical (unpaired) electrons. The number of fused-ring (bicyclic) bond motifs is 3. The maximum atomic E-state index is 13.0. The van der Waals surface area contributed by atoms with Gasteiger partial charge in [0.25, 0.3) is 5.91 Å². The number of carbonyl (C=O) groups is 1. The summed E-state index contributed by atoms with van der Waals surface area (Å²) in [6, 6.07) is 9.26. The summed E-state index contributed by atoms with van der Waals surface area (Å²) in [5.74, 6) is 0.706. The van der Waals surface area contributed by atoms with Crippen LogP contribution in [0.1, 0.15) is 31.4 Å². The Bertz CT molecular complexity index is 1100. The lowest BCUT2D eigenvalue weighted by Gasteiger charge is -2.39. The molecule has 2 saturated heterocycles. The highest BCUT2D eigenvalue weighted by molar-refractivity contribution is 5.91. The molecule has 2 fully saturated rings. The quantitative estimate of drug-likeness (QED) is 0.576. The number of anilines is 3. The number of hydrogen-bond donors (Lipinski definition) is 3. The number of aryl methyl sites for hydroxylation is 1. The van der Waals surface area contributed by atoms with E-state index in [-0.39, 0.29) is 18.1 Å². The van der Waals surface area contributed by atoms with E-state index in [9.17, 15) is 13.6 Å². The van der Waals surface area contributed by atoms with Crippen LogP contribution in [0.25, 0.3) is 10.9 Å². The van der Waals surface area contributed by atoms with E-state index >= 15 is 0 Å². The SMILES string of the molecule is Cc1cc(Nc2nc(NC3C[C@H]4CC[C@@H](C3)N4C(=O)C(F)F)nc3ccccc23)n[nH]1. The third kappa shape index (κ3) is 3.77. The van der Waals surface area contributed by atoms with Crippen molar-refractivity contribution in [1.29, 1.82) is 0 Å². The number of rotatable bonds is 5. The van der Waals surface area contributed by atoms with E-state index in [1.54, 1.807) is 0 Å². The van der Waals surface area contributed by atoms with E-state index in [4.69, 9.17) is 0 Å². The number of alkyl halides is 2. The van der Waals surface area contributed by atoms with Gasteiger partial charge >= 0.3 is 6.43 Å². The summed E-state index contributed by atoms with van der Waals surface area (Å²) in [5, 5.41) is 14.6. The van der Waals surface area contributed by atoms with Gasteiger partial charge in [-0.05, 0) is 44.7 Å². The van der Waals surface area contributed by atoms with Crippen molar-refractivity contribution >= 4 is 34.4 Å². The first kappa shape index (κ1) is 19.7. The van der Waals surface area contributed by atoms with E-state index < -0.39 is 12.3 Å². The Hall–Kier alpha value is -3.30. The Morgan fingerprint density at radius 1 is 1.19 bits per heavy atom. The Morgan fingerprint density at radius 2 is 1.94 bits per heavy atom. The number of aromatic amines is 1. The van der Waals surface area contributed by atoms with Crippen molar-refractivity contribution in [3.05, 3.63) is 36.0 Å². The number of carbonyl (C=O) groups excluding carboxylic acids is 1. The van der Waals surface area contributed by atoms with Gasteiger partial charge in [-0.2, -0.15) is 18.9 Å². The van der Waals surface area contributed by atoms with Crippen molar-refractivity contribution in [1.82, 2.24) is 25.1 Å². The Balaban J connectivity index is 1.38. The van der Waals surface area contributed by atoms with Gasteiger partial charge in [0.2, 0.25) is 5.95 Å². The second-order valence-corrected chi connectivity index (χ2v) is 8.22. The molecule has 3 N–H and O–H groups in total. The summed E-state index contributed by atoms with van der Waals surface area (Å²) < 4.78 is 25.9. The van der Waals surface area contributed by atoms with Crippen LogP contribution in [-0.2, 0) is 4.79 Å². The van der Waals surface area contributed by atoms with Crippen LogP contribution in [0.3, 0.4) is 0 Å². The van der Waals surface area contributed by atoms with Crippen LogP contribution in [0.2, 0.25) is 0 Å². The van der Waals surface area contributed by atoms with Gasteiger partial charge in [-0.1, -0.05) is 12.1 Å². The topological polar surface area (TPSA) is 98.8 Å². The molecule has 2 aliphatic rings. The van der Waals surface area contributed by atoms with E-state index in [2.05, 4.69) is 30.8 Å². The highest BCUT2D eigenvalue weighted by atomic mass is 19.3. The largest absolute Gasteiger partial charge is 0.351 e. The third-order valence-corrected chi connectivity index (χ3v) is 6.06. The van der Waals surface area contributed by atoms with Gasteiger partial charge in [0.15, 0.2) is 5.82 Å². The summed E-state index contributed by atoms with van der Waals surface area (Å²) in [5.41, 5.74) is 1.71. The monoisotopic (exact) mass is 427 g/mol. The molecule has 0 aliphatic carbocycles. The smallest absolute Gasteiger partial charge is 0.315 e. The number of aromatic nitrogens is 4. The maximum absolute atomic E-state index is 13.0. The van der Waals surface area contributed by atoms with E-state index in [1.165, 1.54) is 4.90 Å². The number of nitrogens with one attached hydrogen (secondary N) is 3. The first-order valence-corrected chi connectivity index (χ1v) is 10.4. The number of benzene rings is 1. The molecule has 1 aromatic carbocycles. The molecule has 2 bridgehead atoms. The van der Waals surface area contributed by atoms with E-state index in [1.807, 2.05) is 37.3 Å². The Morgan fingerprint density at radius 3 is 2.61 bits per heavy atom. The van der Waals surface area contributed by atoms with Crippen LogP contribution in [0.4, 0.5) is 26.4 Å². The molecule has 3 aromatic rings. The van der Waals surface area contributed by atoms with Crippen LogP contribution >= 0.6 is 0 Å². The van der Waals surface area contributed by atoms with Gasteiger partial charge in [-0.3, -0.25) is 9.89 Å². The minimum atomic E-state index is -2.95. The van der Waals surface area contributed by atoms with Crippen molar-refractivity contribution in [2.24, 2.45) is 0 Å². The predicted molar refractivity (Wildman–Crippen MR) is 112 cm³/mol. The van der Waals surface area contributed by atoms with Crippen molar-refractivity contribution in [3.8, 4) is 0 Å². The number of hydrogen-bond acceptors (Lipinski definition) is 6. The molecule has 1 amide bonds. The molecule has 5 rings (SSSR count). The van der Waals surface area contributed by atoms with E-state index in [0.717, 1.165) is 29.4 Å². The normalized spacial score (nSPS) is 22.8. The molecule has 8 nitrogen and oxygen atoms in total. The molecule has 31 heavy (non-hydrogen) atoms. The average molecular weight is 427 g/mol. The first-order valence-electron chi connectivity index (χ1n) is 10.4. The molecule has 162 valence electrons. The Labute approximate surface area is 177 Å². The maximum Gasteiger partial charge on any atom is 0.315 e. The van der Waals surface area contributed by atoms with Crippen molar-refractivity contribution in [2.75, 3.05) is 10.6 Å². The fraction of sp³-hybridized carbons (Fsp3) is 0.429. The molecular formula is C21H23F2N7O. The van der Waals surface area contributed by atoms with Gasteiger partial charge < -0.3 is 15.5 Å². The lowest BCUT2D eigenvalue weighted by Crippen LogP contribution is -2.51. The second-order valence-electron chi connectivity index (χ2n) is 8.22. The van der Waals surface area contributed by atoms with Crippen molar-refractivity contribution in [2.45, 2.75) is 57.2 Å². The van der Waals surface area contributed by atoms with E-state index in [0.29, 0.717) is 30.4 Å². The van der Waals surface area contributed by atoms with Gasteiger partial charge in [0.1, 0.15) is 5.82 Å². The molecule has 3 atom stereocenters. The highest BCUT2D eigenvalue weighted by Crippen LogP contribution is 2.37. The van der Waals surface area contributed by atoms with Gasteiger partial charge in [0, 0.05) is 35.3 Å². The predicted octanol–water partition coefficient (Wildman–Crippen LogP) is 3.60. The molecule has 2 aliphatic heterocycles. The fourth-order valence-electron chi connectivity index (χ4n) is 4.79. The lowest BCUT2D eigenvalue weighted by atomic mass is 9.97. The van der Waals surface area contributed by atoms with Crippen molar-refractivity contribution in [3.63, 3.8) is 0 Å². The highest BCUT2D eigenvalue weighted by Gasteiger charge is 2.45. The second kappa shape index (κ2) is 7.75. The number of H-pyrrole nitrogens is 1. The molecular weight excluding hydrogens is 404 g/mol. The van der Waals surface area contributed by atoms with Crippen LogP contribution in [0.15, 0.2) is 30.3 Å². The van der Waals surface area contributed by atoms with Crippen LogP contribution < -0.4 is 10.6 Å². The molecule has 2 aromatic heterocycles. The lowest BCUT2D eigenvalue weighted by molar-refractivity contribution is -0.147. The van der Waals surface area contributed by atoms with Crippen LogP contribution in [0.5, 0.6) is 0 Å². The van der Waals surface area contributed by atoms with Gasteiger partial charge in [-0.25, -0.2) is 4.98 Å². The van der Waals surface area contributed by atoms with Crippen LogP contribution in [0, 0.1) is 6.92 Å². The molecule has 0 spiro atoms. The number of nitrogens with zero attached hydrogens (tertiary/aromatic N) is 4. The summed E-state index contributed by atoms with van der Waals surface area (Å²) in [4.78, 5) is 22.6. The molecule has 1 unspecified atom stereocenters. The number of piperidine rings is 1. The molecule has 0 saturated carbocycles. The fourth-order valence-corrected chi connectivity index (χ4v) is 4.79. The van der Waals surface area contributed by atoms with Gasteiger partial charge in [0.05, 0.1) is 5.52 Å². The number of amides is 1. The zero-order chi connectivity index (χ0) is 21.5. The van der Waals surface area contributed by atoms with Gasteiger partial charge in [-0.15, -0.1) is 0 Å². The van der Waals surface area contributed by atoms with Crippen LogP contribution in [-0.4, -0.2) is 55.5 Å². The summed E-state index contributed by atoms with van der Waals surface area (Å²) in [7, 11) is 0. The van der Waals surface area contributed by atoms with Crippen molar-refractivity contribution < 1.29 is 13.6 Å². The third-order valence-electron chi connectivity index (χ3n) is 6.06. The number of halogens is 2. The first-order chi connectivity index (χ1) is 15.0. The average Bonchev–Trinajstić information content (AvgIpc) is 3.27. The summed E-state index contributed by atoms with van der Waals surface area (Å²) in [6.45, 7) is 1.92. The Kier molecular flexibility index (Phi) is 4.91.